The largest absolute Gasteiger partial charge is 0.486 e. The lowest BCUT2D eigenvalue weighted by atomic mass is 9.93. The van der Waals surface area contributed by atoms with Crippen molar-refractivity contribution >= 4 is 34.5 Å². The number of aromatic nitrogens is 3. The Morgan fingerprint density at radius 3 is 2.71 bits per heavy atom. The summed E-state index contributed by atoms with van der Waals surface area (Å²) in [5.41, 5.74) is 1.07. The number of carbonyl (C=O) groups excluding carboxylic acids is 1. The van der Waals surface area contributed by atoms with Gasteiger partial charge in [-0.15, -0.1) is 11.3 Å². The number of pyridine rings is 2. The van der Waals surface area contributed by atoms with Crippen LogP contribution >= 0.6 is 22.9 Å². The van der Waals surface area contributed by atoms with Gasteiger partial charge in [-0.2, -0.15) is 0 Å². The van der Waals surface area contributed by atoms with Gasteiger partial charge in [-0.25, -0.2) is 13.8 Å². The Hall–Kier alpha value is -3.41. The van der Waals surface area contributed by atoms with Gasteiger partial charge in [-0.05, 0) is 39.3 Å². The van der Waals surface area contributed by atoms with Crippen LogP contribution < -0.4 is 10.2 Å². The molecule has 1 aliphatic rings. The molecule has 4 heterocycles. The van der Waals surface area contributed by atoms with Gasteiger partial charge in [0.15, 0.2) is 12.0 Å². The third-order valence-corrected chi connectivity index (χ3v) is 7.47. The van der Waals surface area contributed by atoms with E-state index in [0.29, 0.717) is 45.6 Å². The number of anilines is 1. The molecule has 1 amide bonds. The molecule has 0 aromatic carbocycles. The van der Waals surface area contributed by atoms with Gasteiger partial charge in [0.25, 0.3) is 0 Å². The normalized spacial score (nSPS) is 17.1. The molecule has 38 heavy (non-hydrogen) atoms. The molecule has 0 aliphatic carbocycles. The van der Waals surface area contributed by atoms with Gasteiger partial charge in [0.1, 0.15) is 33.9 Å². The number of hydrogen-bond donors (Lipinski definition) is 2. The predicted octanol–water partition coefficient (Wildman–Crippen LogP) is 4.92. The number of ether oxygens (including phenoxy) is 1. The minimum absolute atomic E-state index is 0.176. The topological polar surface area (TPSA) is 100 Å². The van der Waals surface area contributed by atoms with Crippen molar-refractivity contribution in [3.63, 3.8) is 0 Å². The number of aliphatic hydroxyl groups is 1. The zero-order valence-corrected chi connectivity index (χ0v) is 22.7. The molecule has 0 radical (unpaired) electrons. The SMILES string of the molecule is [2H]C([2H])(OC1=C(Cl)[C@H](O)N(c2cc(-c3csc(C(C)(C)C(=O)NC)n3)ncc2C)C(C)=C1)c1ncc(F)cc1F. The Bertz CT molecular complexity index is 1550. The third-order valence-electron chi connectivity index (χ3n) is 5.92. The second-order valence-electron chi connectivity index (χ2n) is 9.03. The minimum atomic E-state index is -2.82. The van der Waals surface area contributed by atoms with Crippen LogP contribution in [0.3, 0.4) is 0 Å². The fourth-order valence-electron chi connectivity index (χ4n) is 3.76. The molecule has 0 saturated heterocycles. The average Bonchev–Trinajstić information content (AvgIpc) is 3.38. The number of aliphatic hydroxyl groups excluding tert-OH is 1. The second kappa shape index (κ2) is 10.8. The number of hydrogen-bond acceptors (Lipinski definition) is 8. The number of halogens is 3. The van der Waals surface area contributed by atoms with Crippen LogP contribution in [0.4, 0.5) is 14.5 Å². The van der Waals surface area contributed by atoms with Crippen LogP contribution in [0.2, 0.25) is 0 Å². The molecule has 0 fully saturated rings. The lowest BCUT2D eigenvalue weighted by Crippen LogP contribution is -2.38. The molecule has 8 nitrogen and oxygen atoms in total. The van der Waals surface area contributed by atoms with Crippen LogP contribution in [0, 0.1) is 18.6 Å². The molecule has 200 valence electrons. The highest BCUT2D eigenvalue weighted by atomic mass is 35.5. The van der Waals surface area contributed by atoms with E-state index in [-0.39, 0.29) is 16.7 Å². The standard InChI is InChI=1S/C26H26ClF2N5O3S/c1-13-9-31-17(19-12-38-25(33-19)26(3,4)24(36)30-5)8-20(13)34-14(2)6-21(22(27)23(34)35)37-11-18-16(29)7-15(28)10-32-18/h6-10,12,23,35H,11H2,1-5H3,(H,30,36)/t23-/m0/s1/i11D2. The van der Waals surface area contributed by atoms with Crippen molar-refractivity contribution in [1.82, 2.24) is 20.3 Å². The van der Waals surface area contributed by atoms with Gasteiger partial charge in [0, 0.05) is 36.5 Å². The molecule has 4 rings (SSSR count). The molecule has 12 heteroatoms. The summed E-state index contributed by atoms with van der Waals surface area (Å²) in [6, 6.07) is 2.21. The first-order valence-electron chi connectivity index (χ1n) is 12.4. The number of likely N-dealkylation sites (N-methyl/N-ethyl adjacent to an activating group) is 1. The van der Waals surface area contributed by atoms with Crippen molar-refractivity contribution in [3.05, 3.63) is 80.4 Å². The van der Waals surface area contributed by atoms with Crippen molar-refractivity contribution in [2.45, 2.75) is 45.9 Å². The summed E-state index contributed by atoms with van der Waals surface area (Å²) < 4.78 is 49.1. The highest BCUT2D eigenvalue weighted by molar-refractivity contribution is 7.10. The first kappa shape index (κ1) is 24.9. The summed E-state index contributed by atoms with van der Waals surface area (Å²) in [6.07, 6.45) is 2.18. The van der Waals surface area contributed by atoms with Crippen LogP contribution in [0.25, 0.3) is 11.4 Å². The first-order valence-corrected chi connectivity index (χ1v) is 12.6. The highest BCUT2D eigenvalue weighted by Gasteiger charge is 2.33. The van der Waals surface area contributed by atoms with Gasteiger partial charge < -0.3 is 20.1 Å². The summed E-state index contributed by atoms with van der Waals surface area (Å²) in [5.74, 6) is -2.62. The zero-order chi connectivity index (χ0) is 29.6. The Kier molecular flexibility index (Phi) is 7.05. The van der Waals surface area contributed by atoms with Crippen molar-refractivity contribution in [3.8, 4) is 11.4 Å². The maximum Gasteiger partial charge on any atom is 0.232 e. The van der Waals surface area contributed by atoms with E-state index >= 15 is 0 Å². The average molecular weight is 564 g/mol. The summed E-state index contributed by atoms with van der Waals surface area (Å²) in [7, 11) is 1.56. The highest BCUT2D eigenvalue weighted by Crippen LogP contribution is 2.37. The van der Waals surface area contributed by atoms with E-state index in [1.807, 2.05) is 0 Å². The van der Waals surface area contributed by atoms with Gasteiger partial charge >= 0.3 is 0 Å². The van der Waals surface area contributed by atoms with Crippen LogP contribution in [-0.4, -0.2) is 39.2 Å². The smallest absolute Gasteiger partial charge is 0.232 e. The Morgan fingerprint density at radius 2 is 2.03 bits per heavy atom. The molecule has 0 unspecified atom stereocenters. The fraction of sp³-hybridized carbons (Fsp3) is 0.308. The minimum Gasteiger partial charge on any atom is -0.486 e. The molecular formula is C26H26ClF2N5O3S. The van der Waals surface area contributed by atoms with Gasteiger partial charge in [-0.3, -0.25) is 14.8 Å². The van der Waals surface area contributed by atoms with E-state index in [9.17, 15) is 18.7 Å². The molecule has 0 saturated carbocycles. The molecule has 3 aromatic rings. The van der Waals surface area contributed by atoms with E-state index < -0.39 is 35.5 Å². The van der Waals surface area contributed by atoms with Gasteiger partial charge in [-0.1, -0.05) is 11.6 Å². The number of rotatable bonds is 7. The summed E-state index contributed by atoms with van der Waals surface area (Å²) in [4.78, 5) is 26.4. The fourth-order valence-corrected chi connectivity index (χ4v) is 4.88. The maximum absolute atomic E-state index is 14.2. The number of thiazole rings is 1. The maximum atomic E-state index is 14.2. The number of aryl methyl sites for hydroxylation is 1. The summed E-state index contributed by atoms with van der Waals surface area (Å²) >= 11 is 7.75. The quantitative estimate of drug-likeness (QED) is 0.421. The number of amides is 1. The summed E-state index contributed by atoms with van der Waals surface area (Å²) in [5, 5.41) is 15.9. The predicted molar refractivity (Wildman–Crippen MR) is 141 cm³/mol. The van der Waals surface area contributed by atoms with Crippen molar-refractivity contribution in [2.75, 3.05) is 11.9 Å². The number of nitrogens with one attached hydrogen (secondary N) is 1. The summed E-state index contributed by atoms with van der Waals surface area (Å²) in [6.45, 7) is 4.17. The van der Waals surface area contributed by atoms with E-state index in [2.05, 4.69) is 20.3 Å². The van der Waals surface area contributed by atoms with E-state index in [1.165, 1.54) is 22.3 Å². The molecule has 1 atom stereocenters. The van der Waals surface area contributed by atoms with E-state index in [0.717, 1.165) is 0 Å². The molecule has 3 aromatic heterocycles. The molecule has 1 aliphatic heterocycles. The number of nitrogens with zero attached hydrogens (tertiary/aromatic N) is 4. The second-order valence-corrected chi connectivity index (χ2v) is 10.3. The first-order chi connectivity index (χ1) is 18.7. The Morgan fingerprint density at radius 1 is 1.29 bits per heavy atom. The number of allylic oxidation sites excluding steroid dienone is 2. The molecule has 2 N–H and O–H groups in total. The Labute approximate surface area is 230 Å². The lowest BCUT2D eigenvalue weighted by molar-refractivity contribution is -0.125. The van der Waals surface area contributed by atoms with Crippen LogP contribution in [-0.2, 0) is 21.5 Å². The zero-order valence-electron chi connectivity index (χ0n) is 23.1. The van der Waals surface area contributed by atoms with Gasteiger partial charge in [0.05, 0.1) is 31.4 Å². The van der Waals surface area contributed by atoms with Gasteiger partial charge in [0.2, 0.25) is 5.91 Å². The lowest BCUT2D eigenvalue weighted by Gasteiger charge is -2.35. The van der Waals surface area contributed by atoms with Crippen molar-refractivity contribution in [2.24, 2.45) is 0 Å². The van der Waals surface area contributed by atoms with Crippen molar-refractivity contribution < 1.29 is 26.2 Å². The monoisotopic (exact) mass is 563 g/mol. The van der Waals surface area contributed by atoms with Crippen LogP contribution in [0.1, 0.15) is 39.8 Å². The van der Waals surface area contributed by atoms with E-state index in [4.69, 9.17) is 19.1 Å². The third kappa shape index (κ3) is 5.27. The van der Waals surface area contributed by atoms with Crippen LogP contribution in [0.5, 0.6) is 0 Å². The van der Waals surface area contributed by atoms with E-state index in [1.54, 1.807) is 52.4 Å². The molecule has 0 spiro atoms. The number of carbonyl (C=O) groups is 1. The van der Waals surface area contributed by atoms with Crippen molar-refractivity contribution in [1.29, 1.82) is 0 Å². The molecular weight excluding hydrogens is 536 g/mol. The molecule has 0 bridgehead atoms. The van der Waals surface area contributed by atoms with Crippen LogP contribution in [0.15, 0.2) is 52.5 Å². The Balaban J connectivity index is 1.65.